The molecule has 0 aromatic carbocycles. The first kappa shape index (κ1) is 16.7. The quantitative estimate of drug-likeness (QED) is 0.877. The lowest BCUT2D eigenvalue weighted by molar-refractivity contribution is 0.198. The third kappa shape index (κ3) is 3.55. The predicted molar refractivity (Wildman–Crippen MR) is 89.9 cm³/mol. The number of nitriles is 1. The molecule has 0 amide bonds. The Morgan fingerprint density at radius 3 is 2.74 bits per heavy atom. The predicted octanol–water partition coefficient (Wildman–Crippen LogP) is 3.48. The average molecular weight is 308 g/mol. The molecule has 0 saturated carbocycles. The van der Waals surface area contributed by atoms with E-state index in [2.05, 4.69) is 10.1 Å². The monoisotopic (exact) mass is 308 g/mol. The van der Waals surface area contributed by atoms with E-state index in [1.165, 1.54) is 0 Å². The highest BCUT2D eigenvalue weighted by Gasteiger charge is 2.16. The maximum Gasteiger partial charge on any atom is 0.163 e. The highest BCUT2D eigenvalue weighted by atomic mass is 16.3. The standard InChI is InChI=1S/C18H20N4O/c1-5-6-7-12(2)17-9-8-16(14(4)23)18(20-17)22-13(3)10-15(11-19)21-22/h5-10,14,23H,1-4H3/b6-5-,12-7?/t14-/m1/s1. The number of rotatable bonds is 4. The molecule has 0 spiro atoms. The van der Waals surface area contributed by atoms with Gasteiger partial charge >= 0.3 is 0 Å². The molecule has 1 N–H and O–H groups in total. The fourth-order valence-electron chi connectivity index (χ4n) is 2.24. The minimum Gasteiger partial charge on any atom is -0.389 e. The van der Waals surface area contributed by atoms with Gasteiger partial charge in [-0.25, -0.2) is 9.67 Å². The third-order valence-electron chi connectivity index (χ3n) is 3.50. The van der Waals surface area contributed by atoms with Gasteiger partial charge in [-0.1, -0.05) is 24.3 Å². The number of aromatic nitrogens is 3. The Morgan fingerprint density at radius 2 is 2.17 bits per heavy atom. The van der Waals surface area contributed by atoms with Gasteiger partial charge in [0.25, 0.3) is 0 Å². The first-order valence-corrected chi connectivity index (χ1v) is 7.44. The van der Waals surface area contributed by atoms with Crippen molar-refractivity contribution in [3.8, 4) is 11.9 Å². The van der Waals surface area contributed by atoms with E-state index in [9.17, 15) is 5.11 Å². The lowest BCUT2D eigenvalue weighted by Crippen LogP contribution is -2.09. The normalized spacial score (nSPS) is 13.3. The second kappa shape index (κ2) is 7.03. The van der Waals surface area contributed by atoms with Crippen LogP contribution in [0.15, 0.2) is 36.4 Å². The molecule has 2 heterocycles. The summed E-state index contributed by atoms with van der Waals surface area (Å²) in [7, 11) is 0. The van der Waals surface area contributed by atoms with E-state index in [1.54, 1.807) is 17.7 Å². The van der Waals surface area contributed by atoms with Crippen LogP contribution in [0.1, 0.15) is 49.5 Å². The highest BCUT2D eigenvalue weighted by Crippen LogP contribution is 2.24. The van der Waals surface area contributed by atoms with E-state index in [-0.39, 0.29) is 0 Å². The number of hydrogen-bond donors (Lipinski definition) is 1. The van der Waals surface area contributed by atoms with Gasteiger partial charge in [-0.2, -0.15) is 10.4 Å². The molecule has 0 unspecified atom stereocenters. The van der Waals surface area contributed by atoms with E-state index in [0.717, 1.165) is 17.0 Å². The summed E-state index contributed by atoms with van der Waals surface area (Å²) >= 11 is 0. The smallest absolute Gasteiger partial charge is 0.163 e. The van der Waals surface area contributed by atoms with Gasteiger partial charge in [-0.3, -0.25) is 0 Å². The minimum absolute atomic E-state index is 0.326. The van der Waals surface area contributed by atoms with Gasteiger partial charge in [0.15, 0.2) is 11.5 Å². The Balaban J connectivity index is 2.63. The first-order valence-electron chi connectivity index (χ1n) is 7.44. The maximum absolute atomic E-state index is 10.0. The molecule has 2 rings (SSSR count). The van der Waals surface area contributed by atoms with Crippen LogP contribution >= 0.6 is 0 Å². The fraction of sp³-hybridized carbons (Fsp3) is 0.278. The topological polar surface area (TPSA) is 74.7 Å². The van der Waals surface area contributed by atoms with Crippen LogP contribution in [0.3, 0.4) is 0 Å². The van der Waals surface area contributed by atoms with Crippen LogP contribution in [-0.4, -0.2) is 19.9 Å². The highest BCUT2D eigenvalue weighted by molar-refractivity contribution is 5.63. The van der Waals surface area contributed by atoms with Crippen molar-refractivity contribution in [1.29, 1.82) is 5.26 Å². The second-order valence-electron chi connectivity index (χ2n) is 5.36. The lowest BCUT2D eigenvalue weighted by atomic mass is 10.1. The van der Waals surface area contributed by atoms with Gasteiger partial charge in [-0.05, 0) is 45.4 Å². The molecule has 5 heteroatoms. The van der Waals surface area contributed by atoms with Crippen molar-refractivity contribution in [1.82, 2.24) is 14.8 Å². The number of pyridine rings is 1. The minimum atomic E-state index is -0.680. The molecule has 0 fully saturated rings. The van der Waals surface area contributed by atoms with E-state index in [1.807, 2.05) is 57.2 Å². The number of aryl methyl sites for hydroxylation is 1. The molecular formula is C18H20N4O. The summed E-state index contributed by atoms with van der Waals surface area (Å²) in [6.45, 7) is 7.48. The molecule has 23 heavy (non-hydrogen) atoms. The first-order chi connectivity index (χ1) is 11.0. The van der Waals surface area contributed by atoms with Crippen LogP contribution in [-0.2, 0) is 0 Å². The Bertz CT molecular complexity index is 807. The number of hydrogen-bond acceptors (Lipinski definition) is 4. The summed E-state index contributed by atoms with van der Waals surface area (Å²) in [6, 6.07) is 7.46. The Kier molecular flexibility index (Phi) is 5.09. The van der Waals surface area contributed by atoms with Crippen molar-refractivity contribution >= 4 is 5.57 Å². The molecule has 0 saturated heterocycles. The molecule has 0 aliphatic heterocycles. The van der Waals surface area contributed by atoms with E-state index in [4.69, 9.17) is 5.26 Å². The molecule has 2 aromatic heterocycles. The Labute approximate surface area is 136 Å². The number of aliphatic hydroxyl groups excluding tert-OH is 1. The summed E-state index contributed by atoms with van der Waals surface area (Å²) in [5.41, 5.74) is 3.60. The van der Waals surface area contributed by atoms with Crippen molar-refractivity contribution in [2.45, 2.75) is 33.8 Å². The van der Waals surface area contributed by atoms with Crippen LogP contribution in [0.25, 0.3) is 11.4 Å². The molecule has 118 valence electrons. The molecule has 0 aliphatic rings. The average Bonchev–Trinajstić information content (AvgIpc) is 2.92. The Hall–Kier alpha value is -2.71. The van der Waals surface area contributed by atoms with E-state index < -0.39 is 6.10 Å². The molecule has 0 radical (unpaired) electrons. The SMILES string of the molecule is C/C=C\C=C(C)c1ccc([C@@H](C)O)c(-n2nc(C#N)cc2C)n1. The second-order valence-corrected chi connectivity index (χ2v) is 5.36. The largest absolute Gasteiger partial charge is 0.389 e. The Morgan fingerprint density at radius 1 is 1.43 bits per heavy atom. The molecule has 1 atom stereocenters. The van der Waals surface area contributed by atoms with Crippen LogP contribution in [0.2, 0.25) is 0 Å². The maximum atomic E-state index is 10.0. The molecule has 2 aromatic rings. The number of allylic oxidation sites excluding steroid dienone is 4. The van der Waals surface area contributed by atoms with Crippen LogP contribution in [0, 0.1) is 18.3 Å². The fourth-order valence-corrected chi connectivity index (χ4v) is 2.24. The summed E-state index contributed by atoms with van der Waals surface area (Å²) in [6.07, 6.45) is 5.20. The summed E-state index contributed by atoms with van der Waals surface area (Å²) in [5.74, 6) is 0.546. The number of nitrogens with zero attached hydrogens (tertiary/aromatic N) is 4. The zero-order valence-corrected chi connectivity index (χ0v) is 13.8. The third-order valence-corrected chi connectivity index (χ3v) is 3.50. The van der Waals surface area contributed by atoms with Gasteiger partial charge in [-0.15, -0.1) is 0 Å². The van der Waals surface area contributed by atoms with Gasteiger partial charge in [0.2, 0.25) is 0 Å². The van der Waals surface area contributed by atoms with Gasteiger partial charge < -0.3 is 5.11 Å². The summed E-state index contributed by atoms with van der Waals surface area (Å²) in [5, 5.41) is 23.3. The van der Waals surface area contributed by atoms with Crippen LogP contribution in [0.4, 0.5) is 0 Å². The summed E-state index contributed by atoms with van der Waals surface area (Å²) in [4.78, 5) is 4.65. The molecule has 0 bridgehead atoms. The number of aliphatic hydroxyl groups is 1. The van der Waals surface area contributed by atoms with Crippen molar-refractivity contribution in [3.05, 3.63) is 59.1 Å². The van der Waals surface area contributed by atoms with Crippen molar-refractivity contribution in [2.24, 2.45) is 0 Å². The van der Waals surface area contributed by atoms with Crippen molar-refractivity contribution < 1.29 is 5.11 Å². The van der Waals surface area contributed by atoms with Crippen molar-refractivity contribution in [2.75, 3.05) is 0 Å². The zero-order valence-electron chi connectivity index (χ0n) is 13.8. The van der Waals surface area contributed by atoms with Crippen LogP contribution in [0.5, 0.6) is 0 Å². The van der Waals surface area contributed by atoms with Gasteiger partial charge in [0.1, 0.15) is 6.07 Å². The lowest BCUT2D eigenvalue weighted by Gasteiger charge is -2.14. The molecule has 5 nitrogen and oxygen atoms in total. The molecule has 0 aliphatic carbocycles. The van der Waals surface area contributed by atoms with Gasteiger partial charge in [0, 0.05) is 11.3 Å². The zero-order chi connectivity index (χ0) is 17.0. The van der Waals surface area contributed by atoms with Crippen molar-refractivity contribution in [3.63, 3.8) is 0 Å². The van der Waals surface area contributed by atoms with E-state index in [0.29, 0.717) is 17.1 Å². The van der Waals surface area contributed by atoms with Crippen LogP contribution < -0.4 is 0 Å². The molecular weight excluding hydrogens is 288 g/mol. The van der Waals surface area contributed by atoms with Gasteiger partial charge in [0.05, 0.1) is 11.8 Å². The van der Waals surface area contributed by atoms with E-state index >= 15 is 0 Å². The summed E-state index contributed by atoms with van der Waals surface area (Å²) < 4.78 is 1.60.